The van der Waals surface area contributed by atoms with Gasteiger partial charge in [0.15, 0.2) is 0 Å². The van der Waals surface area contributed by atoms with Crippen molar-refractivity contribution in [3.05, 3.63) is 55.8 Å². The van der Waals surface area contributed by atoms with E-state index in [1.807, 2.05) is 35.7 Å². The Hall–Kier alpha value is -0.810. The van der Waals surface area contributed by atoms with Crippen molar-refractivity contribution in [2.24, 2.45) is 5.73 Å². The lowest BCUT2D eigenvalue weighted by Crippen LogP contribution is -2.08. The fourth-order valence-electron chi connectivity index (χ4n) is 1.82. The quantitative estimate of drug-likeness (QED) is 0.715. The van der Waals surface area contributed by atoms with Gasteiger partial charge in [-0.1, -0.05) is 11.6 Å². The Kier molecular flexibility index (Phi) is 3.20. The summed E-state index contributed by atoms with van der Waals surface area (Å²) in [7, 11) is 0. The third kappa shape index (κ3) is 2.21. The Labute approximate surface area is 121 Å². The van der Waals surface area contributed by atoms with Gasteiger partial charge in [-0.3, -0.25) is 0 Å². The summed E-state index contributed by atoms with van der Waals surface area (Å²) in [5, 5.41) is 3.68. The Morgan fingerprint density at radius 1 is 1.28 bits per heavy atom. The number of hydrogen-bond donors (Lipinski definition) is 1. The summed E-state index contributed by atoms with van der Waals surface area (Å²) in [6.45, 7) is 0. The number of thiophene rings is 1. The van der Waals surface area contributed by atoms with Crippen LogP contribution in [-0.2, 0) is 0 Å². The first-order valence-electron chi connectivity index (χ1n) is 5.32. The molecule has 2 aromatic heterocycles. The van der Waals surface area contributed by atoms with Crippen LogP contribution in [-0.4, -0.2) is 0 Å². The van der Waals surface area contributed by atoms with Crippen LogP contribution in [0.25, 0.3) is 11.0 Å². The number of benzene rings is 1. The maximum atomic E-state index is 6.19. The second-order valence-corrected chi connectivity index (χ2v) is 6.27. The van der Waals surface area contributed by atoms with Gasteiger partial charge in [0.05, 0.1) is 6.04 Å². The molecule has 0 aliphatic rings. The summed E-state index contributed by atoms with van der Waals surface area (Å²) in [5.74, 6) is 0.751. The number of nitrogens with two attached hydrogens (primary N) is 1. The first kappa shape index (κ1) is 12.2. The zero-order valence-corrected chi connectivity index (χ0v) is 12.3. The highest BCUT2D eigenvalue weighted by Gasteiger charge is 2.16. The minimum Gasteiger partial charge on any atom is -0.459 e. The Morgan fingerprint density at radius 3 is 2.83 bits per heavy atom. The Bertz CT molecular complexity index is 706. The lowest BCUT2D eigenvalue weighted by Gasteiger charge is -2.04. The van der Waals surface area contributed by atoms with Crippen molar-refractivity contribution in [3.63, 3.8) is 0 Å². The zero-order chi connectivity index (χ0) is 12.7. The van der Waals surface area contributed by atoms with Crippen LogP contribution in [0, 0.1) is 0 Å². The molecule has 18 heavy (non-hydrogen) atoms. The van der Waals surface area contributed by atoms with E-state index in [2.05, 4.69) is 15.9 Å². The van der Waals surface area contributed by atoms with Crippen molar-refractivity contribution in [1.82, 2.24) is 0 Å². The first-order chi connectivity index (χ1) is 8.63. The summed E-state index contributed by atoms with van der Waals surface area (Å²) in [5.41, 5.74) is 7.00. The maximum Gasteiger partial charge on any atom is 0.134 e. The Balaban J connectivity index is 2.03. The van der Waals surface area contributed by atoms with Crippen LogP contribution in [0.4, 0.5) is 0 Å². The third-order valence-electron chi connectivity index (χ3n) is 2.70. The molecule has 1 unspecified atom stereocenters. The van der Waals surface area contributed by atoms with Gasteiger partial charge in [-0.05, 0) is 46.3 Å². The van der Waals surface area contributed by atoms with Crippen LogP contribution in [0.2, 0.25) is 5.02 Å². The third-order valence-corrected chi connectivity index (χ3v) is 4.71. The number of hydrogen-bond acceptors (Lipinski definition) is 3. The van der Waals surface area contributed by atoms with Crippen molar-refractivity contribution >= 4 is 49.8 Å². The largest absolute Gasteiger partial charge is 0.459 e. The van der Waals surface area contributed by atoms with Gasteiger partial charge in [-0.25, -0.2) is 0 Å². The van der Waals surface area contributed by atoms with Crippen molar-refractivity contribution in [2.75, 3.05) is 0 Å². The fraction of sp³-hybridized carbons (Fsp3) is 0.0769. The van der Waals surface area contributed by atoms with Gasteiger partial charge in [0.2, 0.25) is 0 Å². The van der Waals surface area contributed by atoms with E-state index in [4.69, 9.17) is 21.8 Å². The van der Waals surface area contributed by atoms with Crippen LogP contribution in [0.5, 0.6) is 0 Å². The van der Waals surface area contributed by atoms with Gasteiger partial charge in [0, 0.05) is 25.1 Å². The Morgan fingerprint density at radius 2 is 2.11 bits per heavy atom. The average molecular weight is 343 g/mol. The van der Waals surface area contributed by atoms with E-state index in [9.17, 15) is 0 Å². The standard InChI is InChI=1S/C13H9BrClNOS/c14-8-5-12(18-6-8)13(16)11-4-7-3-9(15)1-2-10(7)17-11/h1-6,13H,16H2. The van der Waals surface area contributed by atoms with Gasteiger partial charge < -0.3 is 10.2 Å². The number of rotatable bonds is 2. The smallest absolute Gasteiger partial charge is 0.134 e. The molecule has 0 saturated heterocycles. The second-order valence-electron chi connectivity index (χ2n) is 3.98. The van der Waals surface area contributed by atoms with Gasteiger partial charge in [-0.2, -0.15) is 0 Å². The molecule has 0 bridgehead atoms. The average Bonchev–Trinajstić information content (AvgIpc) is 2.93. The van der Waals surface area contributed by atoms with Crippen molar-refractivity contribution in [2.45, 2.75) is 6.04 Å². The molecule has 0 amide bonds. The van der Waals surface area contributed by atoms with Crippen LogP contribution in [0.15, 0.2) is 44.6 Å². The molecule has 1 aromatic carbocycles. The van der Waals surface area contributed by atoms with E-state index in [1.54, 1.807) is 11.3 Å². The first-order valence-corrected chi connectivity index (χ1v) is 7.37. The van der Waals surface area contributed by atoms with Crippen molar-refractivity contribution in [3.8, 4) is 0 Å². The number of furan rings is 1. The highest BCUT2D eigenvalue weighted by molar-refractivity contribution is 9.10. The molecule has 0 radical (unpaired) electrons. The van der Waals surface area contributed by atoms with Gasteiger partial charge in [0.1, 0.15) is 11.3 Å². The van der Waals surface area contributed by atoms with Crippen LogP contribution >= 0.6 is 38.9 Å². The lowest BCUT2D eigenvalue weighted by molar-refractivity contribution is 0.528. The summed E-state index contributed by atoms with van der Waals surface area (Å²) in [6.07, 6.45) is 0. The number of fused-ring (bicyclic) bond motifs is 1. The molecule has 0 saturated carbocycles. The van der Waals surface area contributed by atoms with Gasteiger partial charge in [-0.15, -0.1) is 11.3 Å². The molecule has 3 aromatic rings. The van der Waals surface area contributed by atoms with Crippen molar-refractivity contribution in [1.29, 1.82) is 0 Å². The molecule has 5 heteroatoms. The van der Waals surface area contributed by atoms with E-state index in [0.29, 0.717) is 5.02 Å². The van der Waals surface area contributed by atoms with E-state index in [-0.39, 0.29) is 6.04 Å². The molecule has 2 nitrogen and oxygen atoms in total. The monoisotopic (exact) mass is 341 g/mol. The number of halogens is 2. The molecule has 0 aliphatic heterocycles. The molecule has 0 spiro atoms. The summed E-state index contributed by atoms with van der Waals surface area (Å²) in [6, 6.07) is 9.26. The molecule has 1 atom stereocenters. The highest BCUT2D eigenvalue weighted by atomic mass is 79.9. The van der Waals surface area contributed by atoms with E-state index >= 15 is 0 Å². The van der Waals surface area contributed by atoms with Gasteiger partial charge in [0.25, 0.3) is 0 Å². The maximum absolute atomic E-state index is 6.19. The van der Waals surface area contributed by atoms with E-state index < -0.39 is 0 Å². The molecule has 92 valence electrons. The molecular weight excluding hydrogens is 334 g/mol. The summed E-state index contributed by atoms with van der Waals surface area (Å²) >= 11 is 11.0. The predicted octanol–water partition coefficient (Wildman–Crippen LogP) is 4.96. The SMILES string of the molecule is NC(c1cc2cc(Cl)ccc2o1)c1cc(Br)cs1. The predicted molar refractivity (Wildman–Crippen MR) is 79.3 cm³/mol. The van der Waals surface area contributed by atoms with E-state index in [0.717, 1.165) is 26.1 Å². The minimum atomic E-state index is -0.243. The molecule has 3 rings (SSSR count). The zero-order valence-electron chi connectivity index (χ0n) is 9.19. The van der Waals surface area contributed by atoms with Crippen molar-refractivity contribution < 1.29 is 4.42 Å². The van der Waals surface area contributed by atoms with Gasteiger partial charge >= 0.3 is 0 Å². The van der Waals surface area contributed by atoms with Crippen LogP contribution in [0.1, 0.15) is 16.7 Å². The highest BCUT2D eigenvalue weighted by Crippen LogP contribution is 2.32. The fourth-order valence-corrected chi connectivity index (χ4v) is 3.45. The molecule has 0 fully saturated rings. The minimum absolute atomic E-state index is 0.243. The van der Waals surface area contributed by atoms with E-state index in [1.165, 1.54) is 0 Å². The second kappa shape index (κ2) is 4.70. The lowest BCUT2D eigenvalue weighted by atomic mass is 10.2. The molecular formula is C13H9BrClNOS. The van der Waals surface area contributed by atoms with Crippen LogP contribution < -0.4 is 5.73 Å². The van der Waals surface area contributed by atoms with Crippen LogP contribution in [0.3, 0.4) is 0 Å². The molecule has 0 aliphatic carbocycles. The normalized spacial score (nSPS) is 13.1. The molecule has 2 heterocycles. The summed E-state index contributed by atoms with van der Waals surface area (Å²) in [4.78, 5) is 1.06. The summed E-state index contributed by atoms with van der Waals surface area (Å²) < 4.78 is 6.80. The molecule has 2 N–H and O–H groups in total. The topological polar surface area (TPSA) is 39.2 Å².